The van der Waals surface area contributed by atoms with Gasteiger partial charge in [-0.1, -0.05) is 6.92 Å². The lowest BCUT2D eigenvalue weighted by molar-refractivity contribution is -0.144. The zero-order valence-electron chi connectivity index (χ0n) is 8.63. The van der Waals surface area contributed by atoms with Crippen molar-refractivity contribution in [3.05, 3.63) is 0 Å². The number of carbonyl (C=O) groups is 1. The van der Waals surface area contributed by atoms with Crippen molar-refractivity contribution >= 4 is 5.97 Å². The van der Waals surface area contributed by atoms with Crippen molar-refractivity contribution in [1.82, 2.24) is 5.32 Å². The predicted octanol–water partition coefficient (Wildman–Crippen LogP) is 0.422. The Kier molecular flexibility index (Phi) is 7.63. The smallest absolute Gasteiger partial charge is 0.309 e. The summed E-state index contributed by atoms with van der Waals surface area (Å²) >= 11 is 0. The van der Waals surface area contributed by atoms with Gasteiger partial charge in [-0.2, -0.15) is 0 Å². The molecule has 0 aliphatic rings. The Morgan fingerprint density at radius 3 is 2.69 bits per heavy atom. The number of carbonyl (C=O) groups excluding carboxylic acids is 1. The summed E-state index contributed by atoms with van der Waals surface area (Å²) < 4.78 is 9.47. The van der Waals surface area contributed by atoms with Gasteiger partial charge in [0, 0.05) is 20.3 Å². The Labute approximate surface area is 79.6 Å². The Hall–Kier alpha value is -0.610. The van der Waals surface area contributed by atoms with E-state index < -0.39 is 0 Å². The molecule has 0 aromatic carbocycles. The van der Waals surface area contributed by atoms with Crippen molar-refractivity contribution in [2.24, 2.45) is 5.92 Å². The Morgan fingerprint density at radius 1 is 1.46 bits per heavy atom. The molecule has 1 atom stereocenters. The summed E-state index contributed by atoms with van der Waals surface area (Å²) in [6, 6.07) is 0. The molecule has 0 aromatic rings. The largest absolute Gasteiger partial charge is 0.469 e. The molecule has 0 aromatic heterocycles. The minimum Gasteiger partial charge on any atom is -0.469 e. The third-order valence-corrected chi connectivity index (χ3v) is 1.76. The fraction of sp³-hybridized carbons (Fsp3) is 0.889. The van der Waals surface area contributed by atoms with E-state index in [4.69, 9.17) is 4.74 Å². The van der Waals surface area contributed by atoms with Gasteiger partial charge in [0.25, 0.3) is 0 Å². The van der Waals surface area contributed by atoms with Crippen molar-refractivity contribution in [3.8, 4) is 0 Å². The lowest BCUT2D eigenvalue weighted by Gasteiger charge is -2.09. The molecule has 78 valence electrons. The average Bonchev–Trinajstić information content (AvgIpc) is 2.16. The standard InChI is InChI=1S/C9H19NO3/c1-8(9(11)13-3)7-10-5-4-6-12-2/h8,10H,4-7H2,1-3H3/t8-/m1/s1. The van der Waals surface area contributed by atoms with Crippen molar-refractivity contribution in [2.75, 3.05) is 33.9 Å². The van der Waals surface area contributed by atoms with E-state index in [9.17, 15) is 4.79 Å². The molecule has 4 heteroatoms. The van der Waals surface area contributed by atoms with E-state index >= 15 is 0 Å². The summed E-state index contributed by atoms with van der Waals surface area (Å²) in [6.45, 7) is 4.13. The van der Waals surface area contributed by atoms with Crippen LogP contribution in [0.5, 0.6) is 0 Å². The molecule has 0 amide bonds. The van der Waals surface area contributed by atoms with Gasteiger partial charge in [0.15, 0.2) is 0 Å². The quantitative estimate of drug-likeness (QED) is 0.466. The van der Waals surface area contributed by atoms with Crippen LogP contribution < -0.4 is 5.32 Å². The second kappa shape index (κ2) is 8.01. The number of methoxy groups -OCH3 is 2. The molecule has 0 fully saturated rings. The highest BCUT2D eigenvalue weighted by Gasteiger charge is 2.11. The number of hydrogen-bond acceptors (Lipinski definition) is 4. The highest BCUT2D eigenvalue weighted by molar-refractivity contribution is 5.71. The monoisotopic (exact) mass is 189 g/mol. The van der Waals surface area contributed by atoms with Gasteiger partial charge in [-0.3, -0.25) is 4.79 Å². The van der Waals surface area contributed by atoms with E-state index in [1.165, 1.54) is 7.11 Å². The molecule has 0 aliphatic heterocycles. The topological polar surface area (TPSA) is 47.6 Å². The zero-order chi connectivity index (χ0) is 10.1. The molecular weight excluding hydrogens is 170 g/mol. The van der Waals surface area contributed by atoms with Crippen LogP contribution in [-0.4, -0.2) is 39.9 Å². The fourth-order valence-corrected chi connectivity index (χ4v) is 0.945. The van der Waals surface area contributed by atoms with Gasteiger partial charge >= 0.3 is 5.97 Å². The number of esters is 1. The molecule has 0 bridgehead atoms. The summed E-state index contributed by atoms with van der Waals surface area (Å²) in [5.74, 6) is -0.244. The van der Waals surface area contributed by atoms with E-state index in [2.05, 4.69) is 10.1 Å². The molecule has 0 spiro atoms. The Balaban J connectivity index is 3.26. The molecule has 0 saturated carbocycles. The normalized spacial score (nSPS) is 12.5. The molecule has 0 saturated heterocycles. The van der Waals surface area contributed by atoms with Crippen LogP contribution in [0.1, 0.15) is 13.3 Å². The number of hydrogen-bond donors (Lipinski definition) is 1. The van der Waals surface area contributed by atoms with Crippen LogP contribution >= 0.6 is 0 Å². The first-order valence-electron chi connectivity index (χ1n) is 4.49. The van der Waals surface area contributed by atoms with E-state index in [1.54, 1.807) is 7.11 Å². The van der Waals surface area contributed by atoms with Crippen LogP contribution in [0, 0.1) is 5.92 Å². The van der Waals surface area contributed by atoms with Crippen LogP contribution in [0.25, 0.3) is 0 Å². The lowest BCUT2D eigenvalue weighted by Crippen LogP contribution is -2.28. The summed E-state index contributed by atoms with van der Waals surface area (Å²) in [7, 11) is 3.08. The van der Waals surface area contributed by atoms with Crippen LogP contribution in [-0.2, 0) is 14.3 Å². The average molecular weight is 189 g/mol. The highest BCUT2D eigenvalue weighted by atomic mass is 16.5. The first-order valence-corrected chi connectivity index (χ1v) is 4.49. The fourth-order valence-electron chi connectivity index (χ4n) is 0.945. The van der Waals surface area contributed by atoms with E-state index in [0.29, 0.717) is 6.54 Å². The van der Waals surface area contributed by atoms with E-state index in [-0.39, 0.29) is 11.9 Å². The molecule has 1 N–H and O–H groups in total. The van der Waals surface area contributed by atoms with Gasteiger partial charge in [0.2, 0.25) is 0 Å². The maximum Gasteiger partial charge on any atom is 0.309 e. The summed E-state index contributed by atoms with van der Waals surface area (Å²) in [5, 5.41) is 3.15. The summed E-state index contributed by atoms with van der Waals surface area (Å²) in [4.78, 5) is 10.9. The Bertz CT molecular complexity index is 139. The van der Waals surface area contributed by atoms with Crippen molar-refractivity contribution < 1.29 is 14.3 Å². The molecule has 0 radical (unpaired) electrons. The molecule has 0 unspecified atom stereocenters. The first-order chi connectivity index (χ1) is 6.22. The van der Waals surface area contributed by atoms with E-state index in [0.717, 1.165) is 19.6 Å². The first kappa shape index (κ1) is 12.4. The van der Waals surface area contributed by atoms with Crippen molar-refractivity contribution in [1.29, 1.82) is 0 Å². The molecule has 4 nitrogen and oxygen atoms in total. The minimum atomic E-state index is -0.167. The number of rotatable bonds is 7. The SMILES string of the molecule is COCCCNC[C@@H](C)C(=O)OC. The van der Waals surface area contributed by atoms with Gasteiger partial charge in [-0.05, 0) is 13.0 Å². The van der Waals surface area contributed by atoms with Crippen molar-refractivity contribution in [3.63, 3.8) is 0 Å². The van der Waals surface area contributed by atoms with Gasteiger partial charge in [-0.25, -0.2) is 0 Å². The third kappa shape index (κ3) is 6.54. The van der Waals surface area contributed by atoms with E-state index in [1.807, 2.05) is 6.92 Å². The van der Waals surface area contributed by atoms with Gasteiger partial charge in [0.05, 0.1) is 13.0 Å². The minimum absolute atomic E-state index is 0.0763. The van der Waals surface area contributed by atoms with Crippen LogP contribution in [0.3, 0.4) is 0 Å². The molecule has 0 aliphatic carbocycles. The predicted molar refractivity (Wildman–Crippen MR) is 50.5 cm³/mol. The molecular formula is C9H19NO3. The number of ether oxygens (including phenoxy) is 2. The van der Waals surface area contributed by atoms with Crippen molar-refractivity contribution in [2.45, 2.75) is 13.3 Å². The third-order valence-electron chi connectivity index (χ3n) is 1.76. The highest BCUT2D eigenvalue weighted by Crippen LogP contribution is 1.94. The maximum atomic E-state index is 10.9. The zero-order valence-corrected chi connectivity index (χ0v) is 8.63. The molecule has 0 rings (SSSR count). The van der Waals surface area contributed by atoms with Crippen LogP contribution in [0.4, 0.5) is 0 Å². The van der Waals surface area contributed by atoms with Crippen LogP contribution in [0.15, 0.2) is 0 Å². The molecule has 0 heterocycles. The molecule has 13 heavy (non-hydrogen) atoms. The number of nitrogens with one attached hydrogen (secondary N) is 1. The summed E-state index contributed by atoms with van der Waals surface area (Å²) in [6.07, 6.45) is 0.963. The Morgan fingerprint density at radius 2 is 2.15 bits per heavy atom. The summed E-state index contributed by atoms with van der Waals surface area (Å²) in [5.41, 5.74) is 0. The maximum absolute atomic E-state index is 10.9. The van der Waals surface area contributed by atoms with Crippen LogP contribution in [0.2, 0.25) is 0 Å². The van der Waals surface area contributed by atoms with Gasteiger partial charge < -0.3 is 14.8 Å². The second-order valence-corrected chi connectivity index (χ2v) is 2.97. The van der Waals surface area contributed by atoms with Gasteiger partial charge in [0.1, 0.15) is 0 Å². The lowest BCUT2D eigenvalue weighted by atomic mass is 10.2. The second-order valence-electron chi connectivity index (χ2n) is 2.97. The van der Waals surface area contributed by atoms with Gasteiger partial charge in [-0.15, -0.1) is 0 Å².